The first-order valence-electron chi connectivity index (χ1n) is 4.71. The summed E-state index contributed by atoms with van der Waals surface area (Å²) in [5, 5.41) is 0. The van der Waals surface area contributed by atoms with Crippen molar-refractivity contribution < 1.29 is 0 Å². The Morgan fingerprint density at radius 1 is 1.43 bits per heavy atom. The van der Waals surface area contributed by atoms with Gasteiger partial charge >= 0.3 is 0 Å². The molecule has 0 atom stereocenters. The summed E-state index contributed by atoms with van der Waals surface area (Å²) in [6.45, 7) is 9.40. The molecule has 0 radical (unpaired) electrons. The lowest BCUT2D eigenvalue weighted by molar-refractivity contribution is 0.568. The van der Waals surface area contributed by atoms with Crippen LogP contribution in [-0.4, -0.2) is 18.7 Å². The number of rotatable bonds is 1. The number of allylic oxidation sites excluding steroid dienone is 3. The summed E-state index contributed by atoms with van der Waals surface area (Å²) in [5.41, 5.74) is 7.69. The first kappa shape index (κ1) is 12.5. The van der Waals surface area contributed by atoms with Crippen molar-refractivity contribution in [1.29, 1.82) is 0 Å². The molecule has 0 saturated heterocycles. The van der Waals surface area contributed by atoms with Gasteiger partial charge in [-0.3, -0.25) is 0 Å². The number of nitrogens with two attached hydrogens (primary N) is 1. The fourth-order valence-electron chi connectivity index (χ4n) is 1.09. The summed E-state index contributed by atoms with van der Waals surface area (Å²) in [5.74, 6) is 0.456. The minimum atomic E-state index is 0.456. The van der Waals surface area contributed by atoms with E-state index in [2.05, 4.69) is 11.7 Å². The third kappa shape index (κ3) is 3.09. The predicted molar refractivity (Wildman–Crippen MR) is 62.8 cm³/mol. The number of likely N-dealkylation sites (N-methyl/N-ethyl adjacent to an activating group) is 1. The van der Waals surface area contributed by atoms with Crippen molar-refractivity contribution >= 4 is 6.72 Å². The lowest BCUT2D eigenvalue weighted by Crippen LogP contribution is -2.16. The Bertz CT molecular complexity index is 285. The van der Waals surface area contributed by atoms with Crippen LogP contribution < -0.4 is 5.73 Å². The first-order chi connectivity index (χ1) is 6.65. The van der Waals surface area contributed by atoms with E-state index in [4.69, 9.17) is 5.73 Å². The van der Waals surface area contributed by atoms with Crippen LogP contribution in [0.4, 0.5) is 0 Å². The van der Waals surface area contributed by atoms with E-state index in [0.29, 0.717) is 5.82 Å². The van der Waals surface area contributed by atoms with Gasteiger partial charge in [-0.25, -0.2) is 4.99 Å². The molecule has 0 aromatic heterocycles. The van der Waals surface area contributed by atoms with Crippen molar-refractivity contribution in [2.45, 2.75) is 20.8 Å². The van der Waals surface area contributed by atoms with Gasteiger partial charge in [0.05, 0.1) is 5.70 Å². The topological polar surface area (TPSA) is 41.6 Å². The van der Waals surface area contributed by atoms with E-state index < -0.39 is 0 Å². The maximum absolute atomic E-state index is 5.61. The van der Waals surface area contributed by atoms with E-state index in [1.165, 1.54) is 5.57 Å². The Kier molecular flexibility index (Phi) is 5.37. The molecular formula is C11H19N3. The van der Waals surface area contributed by atoms with Crippen molar-refractivity contribution in [1.82, 2.24) is 4.90 Å². The Labute approximate surface area is 86.3 Å². The van der Waals surface area contributed by atoms with E-state index in [1.807, 2.05) is 51.1 Å². The van der Waals surface area contributed by atoms with Crippen LogP contribution in [-0.2, 0) is 0 Å². The lowest BCUT2D eigenvalue weighted by atomic mass is 10.2. The molecule has 0 aliphatic carbocycles. The highest BCUT2D eigenvalue weighted by Crippen LogP contribution is 2.16. The predicted octanol–water partition coefficient (Wildman–Crippen LogP) is 2.25. The fraction of sp³-hybridized carbons (Fsp3) is 0.364. The van der Waals surface area contributed by atoms with Crippen molar-refractivity contribution in [2.75, 3.05) is 7.05 Å². The minimum absolute atomic E-state index is 0.456. The minimum Gasteiger partial charge on any atom is -0.382 e. The van der Waals surface area contributed by atoms with Gasteiger partial charge in [-0.05, 0) is 25.3 Å². The summed E-state index contributed by atoms with van der Waals surface area (Å²) in [6, 6.07) is 0. The first-order valence-corrected chi connectivity index (χ1v) is 4.71. The number of hydrogen-bond acceptors (Lipinski definition) is 3. The molecule has 2 N–H and O–H groups in total. The van der Waals surface area contributed by atoms with Gasteiger partial charge in [0.1, 0.15) is 5.82 Å². The largest absolute Gasteiger partial charge is 0.382 e. The number of hydrogen-bond donors (Lipinski definition) is 1. The van der Waals surface area contributed by atoms with Gasteiger partial charge in [-0.1, -0.05) is 19.9 Å². The number of nitrogens with zero attached hydrogens (tertiary/aromatic N) is 2. The maximum Gasteiger partial charge on any atom is 0.146 e. The molecule has 0 unspecified atom stereocenters. The quantitative estimate of drug-likeness (QED) is 0.649. The van der Waals surface area contributed by atoms with Crippen molar-refractivity contribution in [3.05, 3.63) is 35.4 Å². The average molecular weight is 193 g/mol. The van der Waals surface area contributed by atoms with Gasteiger partial charge in [0, 0.05) is 13.2 Å². The molecule has 3 heteroatoms. The monoisotopic (exact) mass is 193 g/mol. The molecule has 0 amide bonds. The van der Waals surface area contributed by atoms with E-state index in [0.717, 1.165) is 5.70 Å². The van der Waals surface area contributed by atoms with E-state index >= 15 is 0 Å². The summed E-state index contributed by atoms with van der Waals surface area (Å²) >= 11 is 0. The van der Waals surface area contributed by atoms with Gasteiger partial charge in [-0.15, -0.1) is 0 Å². The zero-order valence-corrected chi connectivity index (χ0v) is 9.41. The molecule has 3 nitrogen and oxygen atoms in total. The molecule has 78 valence electrons. The van der Waals surface area contributed by atoms with Crippen LogP contribution in [0, 0.1) is 0 Å². The normalized spacial score (nSPS) is 18.0. The van der Waals surface area contributed by atoms with Crippen molar-refractivity contribution in [2.24, 2.45) is 10.7 Å². The molecule has 0 bridgehead atoms. The number of aliphatic imine (C=N–C) groups is 1. The van der Waals surface area contributed by atoms with Gasteiger partial charge in [0.2, 0.25) is 0 Å². The van der Waals surface area contributed by atoms with Crippen molar-refractivity contribution in [3.8, 4) is 0 Å². The Balaban J connectivity index is 0.000000791. The molecule has 1 rings (SSSR count). The smallest absolute Gasteiger partial charge is 0.146 e. The summed E-state index contributed by atoms with van der Waals surface area (Å²) < 4.78 is 0. The van der Waals surface area contributed by atoms with Crippen LogP contribution in [0.15, 0.2) is 40.4 Å². The highest BCUT2D eigenvalue weighted by atomic mass is 15.1. The average Bonchev–Trinajstić information content (AvgIpc) is 2.20. The van der Waals surface area contributed by atoms with Crippen LogP contribution >= 0.6 is 0 Å². The highest BCUT2D eigenvalue weighted by Gasteiger charge is 2.06. The van der Waals surface area contributed by atoms with Crippen molar-refractivity contribution in [3.63, 3.8) is 0 Å². The molecule has 14 heavy (non-hydrogen) atoms. The third-order valence-corrected chi connectivity index (χ3v) is 1.71. The highest BCUT2D eigenvalue weighted by molar-refractivity contribution is 5.37. The molecule has 1 aliphatic rings. The van der Waals surface area contributed by atoms with E-state index in [1.54, 1.807) is 0 Å². The Hall–Kier alpha value is -1.51. The molecule has 0 aromatic rings. The lowest BCUT2D eigenvalue weighted by Gasteiger charge is -2.20. The molecule has 0 fully saturated rings. The fourth-order valence-corrected chi connectivity index (χ4v) is 1.09. The zero-order chi connectivity index (χ0) is 11.1. The van der Waals surface area contributed by atoms with Crippen LogP contribution in [0.1, 0.15) is 20.8 Å². The molecule has 1 aliphatic heterocycles. The van der Waals surface area contributed by atoms with Crippen LogP contribution in [0.25, 0.3) is 0 Å². The second kappa shape index (κ2) is 6.02. The molecule has 0 spiro atoms. The van der Waals surface area contributed by atoms with E-state index in [9.17, 15) is 0 Å². The van der Waals surface area contributed by atoms with Crippen LogP contribution in [0.5, 0.6) is 0 Å². The standard InChI is InChI=1S/C9H13N3.C2H6/c1-7-4-5-8(9(10)11-2)12(3)6-7;1-2/h4-6H,2,10H2,1,3H3;1-2H3/b9-8-;. The zero-order valence-electron chi connectivity index (χ0n) is 9.41. The molecule has 0 saturated carbocycles. The van der Waals surface area contributed by atoms with Crippen LogP contribution in [0.2, 0.25) is 0 Å². The van der Waals surface area contributed by atoms with Gasteiger partial charge in [-0.2, -0.15) is 0 Å². The second-order valence-corrected chi connectivity index (χ2v) is 2.75. The molecule has 0 aromatic carbocycles. The van der Waals surface area contributed by atoms with Crippen LogP contribution in [0.3, 0.4) is 0 Å². The van der Waals surface area contributed by atoms with Gasteiger partial charge < -0.3 is 10.6 Å². The summed E-state index contributed by atoms with van der Waals surface area (Å²) in [7, 11) is 1.93. The van der Waals surface area contributed by atoms with Gasteiger partial charge in [0.25, 0.3) is 0 Å². The Morgan fingerprint density at radius 3 is 2.43 bits per heavy atom. The summed E-state index contributed by atoms with van der Waals surface area (Å²) in [6.07, 6.45) is 5.92. The molecular weight excluding hydrogens is 174 g/mol. The molecule has 1 heterocycles. The summed E-state index contributed by atoms with van der Waals surface area (Å²) in [4.78, 5) is 5.60. The SMILES string of the molecule is C=N/C(N)=C1/C=CC(C)=CN1C.CC. The van der Waals surface area contributed by atoms with Gasteiger partial charge in [0.15, 0.2) is 0 Å². The Morgan fingerprint density at radius 2 is 2.00 bits per heavy atom. The van der Waals surface area contributed by atoms with E-state index in [-0.39, 0.29) is 0 Å². The second-order valence-electron chi connectivity index (χ2n) is 2.75. The third-order valence-electron chi connectivity index (χ3n) is 1.71. The maximum atomic E-state index is 5.61.